The fourth-order valence-corrected chi connectivity index (χ4v) is 2.20. The second-order valence-corrected chi connectivity index (χ2v) is 5.55. The molecule has 1 amide bonds. The summed E-state index contributed by atoms with van der Waals surface area (Å²) in [7, 11) is 1.55. The lowest BCUT2D eigenvalue weighted by molar-refractivity contribution is 0.0953. The fraction of sp³-hybridized carbons (Fsp3) is 0.235. The van der Waals surface area contributed by atoms with Crippen LogP contribution in [0.15, 0.2) is 30.9 Å². The lowest BCUT2D eigenvalue weighted by Gasteiger charge is -2.13. The number of rotatable bonds is 6. The first kappa shape index (κ1) is 17.7. The van der Waals surface area contributed by atoms with Gasteiger partial charge in [0.05, 0.1) is 12.8 Å². The topological polar surface area (TPSA) is 76.1 Å². The SMILES string of the molecule is C=CCNC(=O)c1cc(C)nc(Nc2cc(C)c(Cl)cc2OC)n1. The predicted octanol–water partition coefficient (Wildman–Crippen LogP) is 3.41. The van der Waals surface area contributed by atoms with Gasteiger partial charge in [-0.05, 0) is 31.5 Å². The van der Waals surface area contributed by atoms with Gasteiger partial charge in [-0.1, -0.05) is 17.7 Å². The Labute approximate surface area is 145 Å². The van der Waals surface area contributed by atoms with Crippen LogP contribution in [0.1, 0.15) is 21.7 Å². The van der Waals surface area contributed by atoms with Crippen LogP contribution in [0, 0.1) is 13.8 Å². The number of aromatic nitrogens is 2. The molecular weight excluding hydrogens is 328 g/mol. The highest BCUT2D eigenvalue weighted by molar-refractivity contribution is 6.31. The number of nitrogens with zero attached hydrogens (tertiary/aromatic N) is 2. The highest BCUT2D eigenvalue weighted by atomic mass is 35.5. The Morgan fingerprint density at radius 2 is 2.08 bits per heavy atom. The normalized spacial score (nSPS) is 10.2. The van der Waals surface area contributed by atoms with Crippen LogP contribution in [0.4, 0.5) is 11.6 Å². The molecular formula is C17H19ClN4O2. The molecule has 24 heavy (non-hydrogen) atoms. The van der Waals surface area contributed by atoms with Crippen LogP contribution < -0.4 is 15.4 Å². The van der Waals surface area contributed by atoms with E-state index in [1.165, 1.54) is 0 Å². The standard InChI is InChI=1S/C17H19ClN4O2/c1-5-6-19-16(23)14-8-11(3)20-17(22-14)21-13-7-10(2)12(18)9-15(13)24-4/h5,7-9H,1,6H2,2-4H3,(H,19,23)(H,20,21,22). The molecule has 2 aromatic rings. The number of carbonyl (C=O) groups is 1. The van der Waals surface area contributed by atoms with Crippen LogP contribution in [-0.2, 0) is 0 Å². The maximum atomic E-state index is 12.1. The van der Waals surface area contributed by atoms with Crippen molar-refractivity contribution in [3.05, 3.63) is 52.8 Å². The average Bonchev–Trinajstić information content (AvgIpc) is 2.55. The molecule has 1 aromatic heterocycles. The molecule has 0 spiro atoms. The number of aryl methyl sites for hydroxylation is 2. The minimum absolute atomic E-state index is 0.275. The summed E-state index contributed by atoms with van der Waals surface area (Å²) < 4.78 is 5.32. The van der Waals surface area contributed by atoms with Gasteiger partial charge in [0.25, 0.3) is 5.91 Å². The predicted molar refractivity (Wildman–Crippen MR) is 95.3 cm³/mol. The largest absolute Gasteiger partial charge is 0.495 e. The summed E-state index contributed by atoms with van der Waals surface area (Å²) in [6.45, 7) is 7.62. The number of hydrogen-bond donors (Lipinski definition) is 2. The molecule has 0 atom stereocenters. The Balaban J connectivity index is 2.33. The monoisotopic (exact) mass is 346 g/mol. The zero-order chi connectivity index (χ0) is 17.7. The van der Waals surface area contributed by atoms with Gasteiger partial charge in [0.1, 0.15) is 11.4 Å². The van der Waals surface area contributed by atoms with Gasteiger partial charge < -0.3 is 15.4 Å². The highest BCUT2D eigenvalue weighted by Gasteiger charge is 2.12. The summed E-state index contributed by atoms with van der Waals surface area (Å²) in [4.78, 5) is 20.6. The van der Waals surface area contributed by atoms with Gasteiger partial charge in [-0.25, -0.2) is 9.97 Å². The number of methoxy groups -OCH3 is 1. The average molecular weight is 347 g/mol. The third-order valence-corrected chi connectivity index (χ3v) is 3.63. The molecule has 1 heterocycles. The summed E-state index contributed by atoms with van der Waals surface area (Å²) in [6, 6.07) is 5.17. The second-order valence-electron chi connectivity index (χ2n) is 5.14. The number of hydrogen-bond acceptors (Lipinski definition) is 5. The number of nitrogens with one attached hydrogen (secondary N) is 2. The molecule has 0 aliphatic heterocycles. The molecule has 0 bridgehead atoms. The Morgan fingerprint density at radius 1 is 1.33 bits per heavy atom. The van der Waals surface area contributed by atoms with Gasteiger partial charge in [-0.2, -0.15) is 0 Å². The van der Waals surface area contributed by atoms with Gasteiger partial charge in [0.2, 0.25) is 5.95 Å². The number of amides is 1. The van der Waals surface area contributed by atoms with Crippen LogP contribution in [0.5, 0.6) is 5.75 Å². The summed E-state index contributed by atoms with van der Waals surface area (Å²) in [5, 5.41) is 6.37. The molecule has 0 saturated carbocycles. The summed E-state index contributed by atoms with van der Waals surface area (Å²) in [5.41, 5.74) is 2.50. The molecule has 126 valence electrons. The summed E-state index contributed by atoms with van der Waals surface area (Å²) in [5.74, 6) is 0.579. The van der Waals surface area contributed by atoms with E-state index in [1.54, 1.807) is 32.2 Å². The van der Waals surface area contributed by atoms with E-state index < -0.39 is 0 Å². The first-order chi connectivity index (χ1) is 11.4. The van der Waals surface area contributed by atoms with Crippen molar-refractivity contribution in [1.29, 1.82) is 0 Å². The minimum Gasteiger partial charge on any atom is -0.495 e. The van der Waals surface area contributed by atoms with Crippen molar-refractivity contribution in [2.45, 2.75) is 13.8 Å². The lowest BCUT2D eigenvalue weighted by atomic mass is 10.2. The molecule has 7 heteroatoms. The first-order valence-corrected chi connectivity index (χ1v) is 7.68. The fourth-order valence-electron chi connectivity index (χ4n) is 2.05. The smallest absolute Gasteiger partial charge is 0.270 e. The Hall–Kier alpha value is -2.60. The summed E-state index contributed by atoms with van der Waals surface area (Å²) in [6.07, 6.45) is 1.60. The molecule has 0 aliphatic rings. The van der Waals surface area contributed by atoms with Crippen LogP contribution >= 0.6 is 11.6 Å². The molecule has 2 rings (SSSR count). The third-order valence-electron chi connectivity index (χ3n) is 3.22. The molecule has 0 saturated heterocycles. The van der Waals surface area contributed by atoms with E-state index in [0.717, 1.165) is 5.56 Å². The van der Waals surface area contributed by atoms with E-state index in [2.05, 4.69) is 27.2 Å². The first-order valence-electron chi connectivity index (χ1n) is 7.30. The van der Waals surface area contributed by atoms with Crippen molar-refractivity contribution >= 4 is 29.1 Å². The van der Waals surface area contributed by atoms with E-state index in [1.807, 2.05) is 13.0 Å². The van der Waals surface area contributed by atoms with Crippen molar-refractivity contribution in [3.63, 3.8) is 0 Å². The van der Waals surface area contributed by atoms with Gasteiger partial charge >= 0.3 is 0 Å². The molecule has 0 radical (unpaired) electrons. The highest BCUT2D eigenvalue weighted by Crippen LogP contribution is 2.32. The molecule has 1 aromatic carbocycles. The van der Waals surface area contributed by atoms with Gasteiger partial charge in [0.15, 0.2) is 0 Å². The number of halogens is 1. The van der Waals surface area contributed by atoms with Crippen molar-refractivity contribution in [3.8, 4) is 5.75 Å². The third kappa shape index (κ3) is 4.23. The van der Waals surface area contributed by atoms with E-state index in [9.17, 15) is 4.79 Å². The van der Waals surface area contributed by atoms with Crippen LogP contribution in [0.2, 0.25) is 5.02 Å². The molecule has 2 N–H and O–H groups in total. The summed E-state index contributed by atoms with van der Waals surface area (Å²) >= 11 is 6.11. The number of benzene rings is 1. The lowest BCUT2D eigenvalue weighted by Crippen LogP contribution is -2.24. The van der Waals surface area contributed by atoms with Gasteiger partial charge in [0, 0.05) is 23.3 Å². The number of anilines is 2. The molecule has 0 fully saturated rings. The van der Waals surface area contributed by atoms with Crippen LogP contribution in [0.25, 0.3) is 0 Å². The molecule has 0 unspecified atom stereocenters. The maximum absolute atomic E-state index is 12.1. The Bertz CT molecular complexity index is 777. The number of ether oxygens (including phenoxy) is 1. The van der Waals surface area contributed by atoms with Crippen molar-refractivity contribution < 1.29 is 9.53 Å². The van der Waals surface area contributed by atoms with Crippen molar-refractivity contribution in [2.75, 3.05) is 19.0 Å². The molecule has 6 nitrogen and oxygen atoms in total. The minimum atomic E-state index is -0.289. The van der Waals surface area contributed by atoms with Crippen LogP contribution in [-0.4, -0.2) is 29.5 Å². The zero-order valence-electron chi connectivity index (χ0n) is 13.8. The Kier molecular flexibility index (Phi) is 5.76. The van der Waals surface area contributed by atoms with E-state index in [0.29, 0.717) is 34.6 Å². The zero-order valence-corrected chi connectivity index (χ0v) is 14.6. The molecule has 0 aliphatic carbocycles. The van der Waals surface area contributed by atoms with Crippen molar-refractivity contribution in [1.82, 2.24) is 15.3 Å². The second kappa shape index (κ2) is 7.79. The quantitative estimate of drug-likeness (QED) is 0.784. The van der Waals surface area contributed by atoms with Crippen molar-refractivity contribution in [2.24, 2.45) is 0 Å². The maximum Gasteiger partial charge on any atom is 0.270 e. The Morgan fingerprint density at radius 3 is 2.75 bits per heavy atom. The van der Waals surface area contributed by atoms with E-state index in [-0.39, 0.29) is 11.6 Å². The van der Waals surface area contributed by atoms with E-state index >= 15 is 0 Å². The van der Waals surface area contributed by atoms with Gasteiger partial charge in [-0.15, -0.1) is 6.58 Å². The van der Waals surface area contributed by atoms with Gasteiger partial charge in [-0.3, -0.25) is 4.79 Å². The van der Waals surface area contributed by atoms with E-state index in [4.69, 9.17) is 16.3 Å². The number of carbonyl (C=O) groups excluding carboxylic acids is 1. The van der Waals surface area contributed by atoms with Crippen LogP contribution in [0.3, 0.4) is 0 Å².